The molecule has 0 aliphatic heterocycles. The number of esters is 1. The fourth-order valence-electron chi connectivity index (χ4n) is 1.01. The minimum Gasteiger partial charge on any atom is -0.469 e. The number of carbonyl (C=O) groups excluding carboxylic acids is 1. The van der Waals surface area contributed by atoms with Crippen molar-refractivity contribution in [2.45, 2.75) is 6.92 Å². The maximum atomic E-state index is 10.9. The molecule has 0 aromatic heterocycles. The Balaban J connectivity index is 3.67. The summed E-state index contributed by atoms with van der Waals surface area (Å²) in [4.78, 5) is 12.8. The summed E-state index contributed by atoms with van der Waals surface area (Å²) in [6.45, 7) is 3.12. The van der Waals surface area contributed by atoms with Crippen molar-refractivity contribution < 1.29 is 14.6 Å². The number of nitrogens with zero attached hydrogens (tertiary/aromatic N) is 1. The van der Waals surface area contributed by atoms with Crippen LogP contribution in [0.5, 0.6) is 0 Å². The molecule has 0 saturated carbocycles. The topological polar surface area (TPSA) is 49.8 Å². The Labute approximate surface area is 73.1 Å². The van der Waals surface area contributed by atoms with Gasteiger partial charge in [-0.25, -0.2) is 0 Å². The van der Waals surface area contributed by atoms with Gasteiger partial charge in [-0.2, -0.15) is 0 Å². The van der Waals surface area contributed by atoms with E-state index in [0.29, 0.717) is 13.1 Å². The number of likely N-dealkylation sites (N-methyl/N-ethyl adjacent to an activating group) is 1. The zero-order chi connectivity index (χ0) is 9.56. The summed E-state index contributed by atoms with van der Waals surface area (Å²) < 4.78 is 4.56. The number of carbonyl (C=O) groups is 1. The second kappa shape index (κ2) is 5.97. The van der Waals surface area contributed by atoms with Gasteiger partial charge in [-0.05, 0) is 7.05 Å². The molecule has 0 radical (unpaired) electrons. The van der Waals surface area contributed by atoms with Crippen LogP contribution in [0.15, 0.2) is 0 Å². The molecule has 0 spiro atoms. The third-order valence-corrected chi connectivity index (χ3v) is 1.67. The summed E-state index contributed by atoms with van der Waals surface area (Å²) in [6.07, 6.45) is 0. The first-order valence-electron chi connectivity index (χ1n) is 3.99. The van der Waals surface area contributed by atoms with E-state index in [2.05, 4.69) is 4.74 Å². The Morgan fingerprint density at radius 1 is 1.67 bits per heavy atom. The molecule has 0 rings (SSSR count). The van der Waals surface area contributed by atoms with Gasteiger partial charge in [0.05, 0.1) is 19.6 Å². The fourth-order valence-corrected chi connectivity index (χ4v) is 1.01. The zero-order valence-corrected chi connectivity index (χ0v) is 7.91. The minimum atomic E-state index is -0.209. The highest BCUT2D eigenvalue weighted by molar-refractivity contribution is 5.71. The van der Waals surface area contributed by atoms with Gasteiger partial charge in [0, 0.05) is 13.1 Å². The van der Waals surface area contributed by atoms with E-state index in [9.17, 15) is 4.79 Å². The van der Waals surface area contributed by atoms with Gasteiger partial charge >= 0.3 is 5.97 Å². The van der Waals surface area contributed by atoms with Crippen molar-refractivity contribution in [1.82, 2.24) is 4.90 Å². The number of aliphatic hydroxyl groups is 1. The van der Waals surface area contributed by atoms with Crippen molar-refractivity contribution in [2.24, 2.45) is 5.92 Å². The van der Waals surface area contributed by atoms with Crippen molar-refractivity contribution in [3.8, 4) is 0 Å². The predicted octanol–water partition coefficient (Wildman–Crippen LogP) is -0.280. The first kappa shape index (κ1) is 11.4. The maximum absolute atomic E-state index is 10.9. The molecule has 1 atom stereocenters. The normalized spacial score (nSPS) is 13.1. The Morgan fingerprint density at radius 3 is 2.67 bits per heavy atom. The third kappa shape index (κ3) is 4.31. The molecule has 1 unspecified atom stereocenters. The van der Waals surface area contributed by atoms with Gasteiger partial charge in [0.1, 0.15) is 0 Å². The highest BCUT2D eigenvalue weighted by Gasteiger charge is 2.14. The monoisotopic (exact) mass is 175 g/mol. The molecule has 0 fully saturated rings. The van der Waals surface area contributed by atoms with E-state index in [4.69, 9.17) is 5.11 Å². The third-order valence-electron chi connectivity index (χ3n) is 1.67. The van der Waals surface area contributed by atoms with Crippen molar-refractivity contribution in [3.05, 3.63) is 0 Å². The zero-order valence-electron chi connectivity index (χ0n) is 7.91. The Hall–Kier alpha value is -0.610. The number of aliphatic hydroxyl groups excluding tert-OH is 1. The molecular weight excluding hydrogens is 158 g/mol. The van der Waals surface area contributed by atoms with E-state index in [0.717, 1.165) is 0 Å². The van der Waals surface area contributed by atoms with Crippen LogP contribution < -0.4 is 0 Å². The molecular formula is C8H17NO3. The van der Waals surface area contributed by atoms with Gasteiger partial charge in [-0.1, -0.05) is 6.92 Å². The van der Waals surface area contributed by atoms with Gasteiger partial charge in [0.15, 0.2) is 0 Å². The lowest BCUT2D eigenvalue weighted by molar-refractivity contribution is -0.145. The Bertz CT molecular complexity index is 138. The van der Waals surface area contributed by atoms with Crippen LogP contribution in [0.4, 0.5) is 0 Å². The van der Waals surface area contributed by atoms with Crippen LogP contribution in [-0.2, 0) is 9.53 Å². The maximum Gasteiger partial charge on any atom is 0.309 e. The first-order valence-corrected chi connectivity index (χ1v) is 3.99. The van der Waals surface area contributed by atoms with Crippen molar-refractivity contribution in [1.29, 1.82) is 0 Å². The largest absolute Gasteiger partial charge is 0.469 e. The molecule has 0 bridgehead atoms. The second-order valence-corrected chi connectivity index (χ2v) is 2.91. The van der Waals surface area contributed by atoms with Crippen LogP contribution in [0.2, 0.25) is 0 Å². The SMILES string of the molecule is COC(=O)C(C)CN(C)CCO. The molecule has 0 heterocycles. The van der Waals surface area contributed by atoms with E-state index >= 15 is 0 Å². The number of rotatable bonds is 5. The molecule has 0 aliphatic carbocycles. The van der Waals surface area contributed by atoms with Crippen molar-refractivity contribution >= 4 is 5.97 Å². The summed E-state index contributed by atoms with van der Waals surface area (Å²) >= 11 is 0. The Kier molecular flexibility index (Phi) is 5.66. The summed E-state index contributed by atoms with van der Waals surface area (Å²) in [7, 11) is 3.24. The van der Waals surface area contributed by atoms with Gasteiger partial charge in [0.2, 0.25) is 0 Å². The number of methoxy groups -OCH3 is 1. The summed E-state index contributed by atoms with van der Waals surface area (Å²) in [5, 5.41) is 8.59. The van der Waals surface area contributed by atoms with Gasteiger partial charge in [-0.15, -0.1) is 0 Å². The molecule has 0 amide bonds. The summed E-state index contributed by atoms with van der Waals surface area (Å²) in [5.41, 5.74) is 0. The molecule has 0 aromatic carbocycles. The van der Waals surface area contributed by atoms with E-state index in [-0.39, 0.29) is 18.5 Å². The van der Waals surface area contributed by atoms with Crippen LogP contribution >= 0.6 is 0 Å². The van der Waals surface area contributed by atoms with E-state index < -0.39 is 0 Å². The van der Waals surface area contributed by atoms with E-state index in [1.54, 1.807) is 6.92 Å². The average Bonchev–Trinajstić information content (AvgIpc) is 2.03. The van der Waals surface area contributed by atoms with Crippen LogP contribution in [0.3, 0.4) is 0 Å². The molecule has 1 N–H and O–H groups in total. The summed E-state index contributed by atoms with van der Waals surface area (Å²) in [6, 6.07) is 0. The molecule has 72 valence electrons. The lowest BCUT2D eigenvalue weighted by Gasteiger charge is -2.18. The lowest BCUT2D eigenvalue weighted by atomic mass is 10.2. The molecule has 0 aliphatic rings. The molecule has 0 saturated heterocycles. The van der Waals surface area contributed by atoms with Gasteiger partial charge in [0.25, 0.3) is 0 Å². The van der Waals surface area contributed by atoms with Gasteiger partial charge < -0.3 is 14.7 Å². The van der Waals surface area contributed by atoms with Gasteiger partial charge in [-0.3, -0.25) is 4.79 Å². The quantitative estimate of drug-likeness (QED) is 0.584. The standard InChI is InChI=1S/C8H17NO3/c1-7(8(11)12-3)6-9(2)4-5-10/h7,10H,4-6H2,1-3H3. The highest BCUT2D eigenvalue weighted by atomic mass is 16.5. The molecule has 12 heavy (non-hydrogen) atoms. The van der Waals surface area contributed by atoms with Crippen molar-refractivity contribution in [2.75, 3.05) is 33.9 Å². The second-order valence-electron chi connectivity index (χ2n) is 2.91. The smallest absolute Gasteiger partial charge is 0.309 e. The minimum absolute atomic E-state index is 0.115. The Morgan fingerprint density at radius 2 is 2.25 bits per heavy atom. The van der Waals surface area contributed by atoms with E-state index in [1.807, 2.05) is 11.9 Å². The van der Waals surface area contributed by atoms with Crippen LogP contribution in [-0.4, -0.2) is 49.8 Å². The highest BCUT2D eigenvalue weighted by Crippen LogP contribution is 1.99. The average molecular weight is 175 g/mol. The molecule has 4 heteroatoms. The molecule has 0 aromatic rings. The van der Waals surface area contributed by atoms with Crippen LogP contribution in [0, 0.1) is 5.92 Å². The van der Waals surface area contributed by atoms with Crippen LogP contribution in [0.1, 0.15) is 6.92 Å². The lowest BCUT2D eigenvalue weighted by Crippen LogP contribution is -2.31. The number of ether oxygens (including phenoxy) is 1. The number of hydrogen-bond donors (Lipinski definition) is 1. The first-order chi connectivity index (χ1) is 5.61. The number of hydrogen-bond acceptors (Lipinski definition) is 4. The fraction of sp³-hybridized carbons (Fsp3) is 0.875. The molecule has 4 nitrogen and oxygen atoms in total. The van der Waals surface area contributed by atoms with Crippen LogP contribution in [0.25, 0.3) is 0 Å². The van der Waals surface area contributed by atoms with Crippen molar-refractivity contribution in [3.63, 3.8) is 0 Å². The van der Waals surface area contributed by atoms with E-state index in [1.165, 1.54) is 7.11 Å². The predicted molar refractivity (Wildman–Crippen MR) is 45.8 cm³/mol. The summed E-state index contributed by atoms with van der Waals surface area (Å²) in [5.74, 6) is -0.341.